The number of halogens is 3. The van der Waals surface area contributed by atoms with Crippen molar-refractivity contribution in [1.82, 2.24) is 0 Å². The molecule has 23 heavy (non-hydrogen) atoms. The molecule has 130 valence electrons. The van der Waals surface area contributed by atoms with Crippen molar-refractivity contribution in [3.8, 4) is 0 Å². The molecule has 3 aliphatic rings. The molecule has 0 radical (unpaired) electrons. The fraction of sp³-hybridized carbons (Fsp3) is 0.800. The lowest BCUT2D eigenvalue weighted by atomic mass is 9.69. The van der Waals surface area contributed by atoms with E-state index in [0.717, 1.165) is 5.57 Å². The largest absolute Gasteiger partial charge is 0.522 e. The fourth-order valence-corrected chi connectivity index (χ4v) is 3.75. The van der Waals surface area contributed by atoms with Gasteiger partial charge in [0.25, 0.3) is 0 Å². The first-order valence-corrected chi connectivity index (χ1v) is 7.42. The van der Waals surface area contributed by atoms with Crippen molar-refractivity contribution in [3.05, 3.63) is 11.6 Å². The van der Waals surface area contributed by atoms with E-state index in [0.29, 0.717) is 6.61 Å². The highest BCUT2D eigenvalue weighted by atomic mass is 19.4. The monoisotopic (exact) mass is 336 g/mol. The van der Waals surface area contributed by atoms with Crippen molar-refractivity contribution in [2.24, 2.45) is 5.92 Å². The third-order valence-electron chi connectivity index (χ3n) is 5.06. The van der Waals surface area contributed by atoms with Crippen LogP contribution in [0.4, 0.5) is 13.2 Å². The van der Waals surface area contributed by atoms with Gasteiger partial charge in [-0.1, -0.05) is 0 Å². The van der Waals surface area contributed by atoms with Gasteiger partial charge in [0.05, 0.1) is 25.2 Å². The number of rotatable bonds is 5. The molecule has 0 unspecified atom stereocenters. The smallest absolute Gasteiger partial charge is 0.373 e. The highest BCUT2D eigenvalue weighted by Gasteiger charge is 2.72. The first-order valence-electron chi connectivity index (χ1n) is 7.42. The van der Waals surface area contributed by atoms with Crippen LogP contribution in [0.25, 0.3) is 0 Å². The van der Waals surface area contributed by atoms with E-state index in [2.05, 4.69) is 4.74 Å². The van der Waals surface area contributed by atoms with Gasteiger partial charge in [-0.05, 0) is 25.5 Å². The predicted octanol–water partition coefficient (Wildman–Crippen LogP) is 2.00. The molecule has 2 fully saturated rings. The lowest BCUT2D eigenvalue weighted by molar-refractivity contribution is -0.324. The van der Waals surface area contributed by atoms with Gasteiger partial charge < -0.3 is 14.2 Å². The quantitative estimate of drug-likeness (QED) is 0.719. The molecule has 0 saturated carbocycles. The highest BCUT2D eigenvalue weighted by Crippen LogP contribution is 2.59. The van der Waals surface area contributed by atoms with E-state index in [4.69, 9.17) is 14.2 Å². The Kier molecular flexibility index (Phi) is 3.87. The third kappa shape index (κ3) is 2.82. The Balaban J connectivity index is 1.73. The average molecular weight is 336 g/mol. The SMILES string of the molecule is CO[C@@H]1C(=O)C=C(C)[C@]2(CO2)[C@H]1[C@]1(C)O[C@@H]1CCOC(F)(F)F. The minimum Gasteiger partial charge on any atom is -0.373 e. The van der Waals surface area contributed by atoms with Crippen molar-refractivity contribution in [3.63, 3.8) is 0 Å². The normalized spacial score (nSPS) is 42.8. The summed E-state index contributed by atoms with van der Waals surface area (Å²) < 4.78 is 56.7. The molecule has 0 aromatic heterocycles. The Morgan fingerprint density at radius 2 is 2.09 bits per heavy atom. The van der Waals surface area contributed by atoms with Crippen LogP contribution in [0.5, 0.6) is 0 Å². The van der Waals surface area contributed by atoms with Gasteiger partial charge in [-0.2, -0.15) is 0 Å². The molecule has 0 aromatic rings. The van der Waals surface area contributed by atoms with Gasteiger partial charge >= 0.3 is 6.36 Å². The second-order valence-electron chi connectivity index (χ2n) is 6.42. The molecular weight excluding hydrogens is 317 g/mol. The van der Waals surface area contributed by atoms with Crippen LogP contribution in [0.3, 0.4) is 0 Å². The van der Waals surface area contributed by atoms with Crippen LogP contribution in [0.15, 0.2) is 11.6 Å². The molecule has 2 saturated heterocycles. The number of ether oxygens (including phenoxy) is 4. The van der Waals surface area contributed by atoms with Crippen molar-refractivity contribution >= 4 is 5.78 Å². The Labute approximate surface area is 131 Å². The van der Waals surface area contributed by atoms with E-state index in [9.17, 15) is 18.0 Å². The molecule has 3 rings (SSSR count). The van der Waals surface area contributed by atoms with Gasteiger partial charge in [-0.15, -0.1) is 13.2 Å². The first kappa shape index (κ1) is 16.9. The zero-order chi connectivity index (χ0) is 17.0. The van der Waals surface area contributed by atoms with Crippen LogP contribution in [0.1, 0.15) is 20.3 Å². The second kappa shape index (κ2) is 5.27. The molecule has 0 N–H and O–H groups in total. The third-order valence-corrected chi connectivity index (χ3v) is 5.06. The summed E-state index contributed by atoms with van der Waals surface area (Å²) in [6.07, 6.45) is -4.19. The van der Waals surface area contributed by atoms with Crippen molar-refractivity contribution in [1.29, 1.82) is 0 Å². The summed E-state index contributed by atoms with van der Waals surface area (Å²) in [7, 11) is 1.44. The minimum atomic E-state index is -4.65. The molecule has 5 nitrogen and oxygen atoms in total. The van der Waals surface area contributed by atoms with E-state index >= 15 is 0 Å². The standard InChI is InChI=1S/C15H19F3O5/c1-8-6-9(19)11(20-3)12(14(8)7-22-14)13(2)10(23-13)4-5-21-15(16,17)18/h6,10-12H,4-5,7H2,1-3H3/t10-,11-,12-,13-,14-/m1/s1. The number of carbonyl (C=O) groups excluding carboxylic acids is 1. The number of alkyl halides is 3. The van der Waals surface area contributed by atoms with Gasteiger partial charge in [0.2, 0.25) is 0 Å². The maximum atomic E-state index is 12.2. The van der Waals surface area contributed by atoms with Crippen LogP contribution < -0.4 is 0 Å². The Bertz CT molecular complexity index is 540. The lowest BCUT2D eigenvalue weighted by Crippen LogP contribution is -2.52. The summed E-state index contributed by atoms with van der Waals surface area (Å²) in [6, 6.07) is 0. The maximum Gasteiger partial charge on any atom is 0.522 e. The van der Waals surface area contributed by atoms with Crippen molar-refractivity contribution in [2.75, 3.05) is 20.3 Å². The molecule has 2 heterocycles. The molecular formula is C15H19F3O5. The molecule has 1 spiro atoms. The number of epoxide rings is 2. The van der Waals surface area contributed by atoms with Crippen molar-refractivity contribution in [2.45, 2.75) is 50.0 Å². The Morgan fingerprint density at radius 3 is 2.61 bits per heavy atom. The van der Waals surface area contributed by atoms with E-state index in [1.54, 1.807) is 6.92 Å². The molecule has 8 heteroatoms. The number of ketones is 1. The van der Waals surface area contributed by atoms with E-state index in [1.807, 2.05) is 6.92 Å². The number of carbonyl (C=O) groups is 1. The molecule has 1 aliphatic carbocycles. The maximum absolute atomic E-state index is 12.2. The van der Waals surface area contributed by atoms with Crippen LogP contribution in [-0.2, 0) is 23.7 Å². The summed E-state index contributed by atoms with van der Waals surface area (Å²) in [4.78, 5) is 12.2. The number of methoxy groups -OCH3 is 1. The zero-order valence-electron chi connectivity index (χ0n) is 13.1. The molecule has 2 aliphatic heterocycles. The molecule has 0 amide bonds. The second-order valence-corrected chi connectivity index (χ2v) is 6.42. The number of hydrogen-bond donors (Lipinski definition) is 0. The summed E-state index contributed by atoms with van der Waals surface area (Å²) in [5.74, 6) is -0.550. The van der Waals surface area contributed by atoms with Gasteiger partial charge in [-0.25, -0.2) is 0 Å². The van der Waals surface area contributed by atoms with Gasteiger partial charge in [0.15, 0.2) is 5.78 Å². The number of hydrogen-bond acceptors (Lipinski definition) is 5. The fourth-order valence-electron chi connectivity index (χ4n) is 3.75. The van der Waals surface area contributed by atoms with Crippen LogP contribution in [-0.4, -0.2) is 55.9 Å². The Morgan fingerprint density at radius 1 is 1.43 bits per heavy atom. The van der Waals surface area contributed by atoms with E-state index in [-0.39, 0.29) is 18.1 Å². The zero-order valence-corrected chi connectivity index (χ0v) is 13.1. The summed E-state index contributed by atoms with van der Waals surface area (Å²) >= 11 is 0. The van der Waals surface area contributed by atoms with E-state index < -0.39 is 36.4 Å². The first-order chi connectivity index (χ1) is 10.6. The highest BCUT2D eigenvalue weighted by molar-refractivity contribution is 5.96. The summed E-state index contributed by atoms with van der Waals surface area (Å²) in [6.45, 7) is 3.58. The van der Waals surface area contributed by atoms with Crippen LogP contribution >= 0.6 is 0 Å². The van der Waals surface area contributed by atoms with Gasteiger partial charge in [0.1, 0.15) is 17.3 Å². The van der Waals surface area contributed by atoms with Crippen LogP contribution in [0, 0.1) is 5.92 Å². The summed E-state index contributed by atoms with van der Waals surface area (Å²) in [5, 5.41) is 0. The average Bonchev–Trinajstić information content (AvgIpc) is 3.32. The van der Waals surface area contributed by atoms with E-state index in [1.165, 1.54) is 13.2 Å². The minimum absolute atomic E-state index is 0.0932. The van der Waals surface area contributed by atoms with Crippen molar-refractivity contribution < 1.29 is 36.9 Å². The molecule has 5 atom stereocenters. The summed E-state index contributed by atoms with van der Waals surface area (Å²) in [5.41, 5.74) is -0.567. The lowest BCUT2D eigenvalue weighted by Gasteiger charge is -2.36. The molecule has 0 aromatic carbocycles. The topological polar surface area (TPSA) is 60.6 Å². The predicted molar refractivity (Wildman–Crippen MR) is 71.6 cm³/mol. The molecule has 0 bridgehead atoms. The van der Waals surface area contributed by atoms with Crippen LogP contribution in [0.2, 0.25) is 0 Å². The van der Waals surface area contributed by atoms with Gasteiger partial charge in [0, 0.05) is 13.5 Å². The Hall–Kier alpha value is -0.960. The van der Waals surface area contributed by atoms with Gasteiger partial charge in [-0.3, -0.25) is 9.53 Å².